The van der Waals surface area contributed by atoms with Gasteiger partial charge >= 0.3 is 0 Å². The average molecular weight is 150 g/mol. The van der Waals surface area contributed by atoms with Crippen LogP contribution in [0.2, 0.25) is 0 Å². The van der Waals surface area contributed by atoms with Crippen LogP contribution in [0, 0.1) is 23.7 Å². The largest absolute Gasteiger partial charge is 0.103 e. The Hall–Kier alpha value is -0.440. The lowest BCUT2D eigenvalue weighted by atomic mass is 10.0. The van der Waals surface area contributed by atoms with Crippen molar-refractivity contribution in [2.45, 2.75) is 46.0 Å². The molecule has 0 aromatic heterocycles. The van der Waals surface area contributed by atoms with Crippen molar-refractivity contribution < 1.29 is 0 Å². The van der Waals surface area contributed by atoms with Gasteiger partial charge in [-0.05, 0) is 18.8 Å². The van der Waals surface area contributed by atoms with Crippen LogP contribution in [-0.2, 0) is 0 Å². The zero-order valence-corrected chi connectivity index (χ0v) is 7.69. The average Bonchev–Trinajstić information content (AvgIpc) is 2.39. The third kappa shape index (κ3) is 3.46. The van der Waals surface area contributed by atoms with Gasteiger partial charge < -0.3 is 0 Å². The van der Waals surface area contributed by atoms with Crippen LogP contribution in [0.5, 0.6) is 0 Å². The summed E-state index contributed by atoms with van der Waals surface area (Å²) in [5.74, 6) is 7.98. The van der Waals surface area contributed by atoms with E-state index in [9.17, 15) is 0 Å². The van der Waals surface area contributed by atoms with E-state index < -0.39 is 0 Å². The van der Waals surface area contributed by atoms with Crippen LogP contribution in [0.4, 0.5) is 0 Å². The van der Waals surface area contributed by atoms with Gasteiger partial charge in [0.25, 0.3) is 0 Å². The van der Waals surface area contributed by atoms with Crippen LogP contribution in [0.15, 0.2) is 0 Å². The fourth-order valence-electron chi connectivity index (χ4n) is 1.62. The maximum atomic E-state index is 3.28. The van der Waals surface area contributed by atoms with E-state index in [0.717, 1.165) is 12.3 Å². The summed E-state index contributed by atoms with van der Waals surface area (Å²) in [4.78, 5) is 0. The van der Waals surface area contributed by atoms with Crippen LogP contribution < -0.4 is 0 Å². The molecule has 1 aliphatic rings. The van der Waals surface area contributed by atoms with Crippen LogP contribution >= 0.6 is 0 Å². The minimum absolute atomic E-state index is 0.552. The molecule has 0 bridgehead atoms. The van der Waals surface area contributed by atoms with Gasteiger partial charge in [0.1, 0.15) is 0 Å². The molecule has 0 aliphatic heterocycles. The SMILES string of the molecule is CC(C)C#CCC1CCCC1. The summed E-state index contributed by atoms with van der Waals surface area (Å²) in [6.45, 7) is 4.31. The lowest BCUT2D eigenvalue weighted by Gasteiger charge is -2.00. The Morgan fingerprint density at radius 1 is 1.27 bits per heavy atom. The van der Waals surface area contributed by atoms with Gasteiger partial charge in [0.05, 0.1) is 0 Å². The predicted octanol–water partition coefficient (Wildman–Crippen LogP) is 3.23. The highest BCUT2D eigenvalue weighted by atomic mass is 14.2. The molecule has 0 nitrogen and oxygen atoms in total. The second-order valence-electron chi connectivity index (χ2n) is 3.83. The molecule has 0 heterocycles. The molecule has 62 valence electrons. The highest BCUT2D eigenvalue weighted by Gasteiger charge is 2.12. The summed E-state index contributed by atoms with van der Waals surface area (Å²) in [7, 11) is 0. The molecule has 0 heteroatoms. The molecule has 0 saturated heterocycles. The van der Waals surface area contributed by atoms with Crippen molar-refractivity contribution in [2.24, 2.45) is 11.8 Å². The van der Waals surface area contributed by atoms with Crippen LogP contribution in [0.1, 0.15) is 46.0 Å². The molecule has 1 rings (SSSR count). The molecule has 1 aliphatic carbocycles. The first-order valence-corrected chi connectivity index (χ1v) is 4.77. The van der Waals surface area contributed by atoms with Gasteiger partial charge in [0.15, 0.2) is 0 Å². The Labute approximate surface area is 70.4 Å². The molecule has 0 atom stereocenters. The van der Waals surface area contributed by atoms with Crippen LogP contribution in [0.25, 0.3) is 0 Å². The molecule has 0 aromatic carbocycles. The molecule has 0 amide bonds. The highest BCUT2D eigenvalue weighted by molar-refractivity contribution is 5.02. The van der Waals surface area contributed by atoms with Gasteiger partial charge in [-0.2, -0.15) is 0 Å². The lowest BCUT2D eigenvalue weighted by molar-refractivity contribution is 0.566. The maximum absolute atomic E-state index is 3.28. The van der Waals surface area contributed by atoms with Crippen molar-refractivity contribution in [3.05, 3.63) is 0 Å². The molecule has 11 heavy (non-hydrogen) atoms. The van der Waals surface area contributed by atoms with Crippen molar-refractivity contribution in [3.8, 4) is 11.8 Å². The van der Waals surface area contributed by atoms with Gasteiger partial charge in [-0.25, -0.2) is 0 Å². The standard InChI is InChI=1S/C11H18/c1-10(2)6-5-9-11-7-3-4-8-11/h10-11H,3-4,7-9H2,1-2H3. The highest BCUT2D eigenvalue weighted by Crippen LogP contribution is 2.26. The second kappa shape index (κ2) is 4.44. The van der Waals surface area contributed by atoms with E-state index in [0.29, 0.717) is 5.92 Å². The Kier molecular flexibility index (Phi) is 3.49. The topological polar surface area (TPSA) is 0 Å². The Balaban J connectivity index is 2.16. The van der Waals surface area contributed by atoms with E-state index >= 15 is 0 Å². The Morgan fingerprint density at radius 3 is 2.45 bits per heavy atom. The van der Waals surface area contributed by atoms with Crippen molar-refractivity contribution in [1.29, 1.82) is 0 Å². The van der Waals surface area contributed by atoms with E-state index in [4.69, 9.17) is 0 Å². The summed E-state index contributed by atoms with van der Waals surface area (Å²) in [6, 6.07) is 0. The van der Waals surface area contributed by atoms with Gasteiger partial charge in [0, 0.05) is 12.3 Å². The van der Waals surface area contributed by atoms with Crippen LogP contribution in [0.3, 0.4) is 0 Å². The molecule has 0 N–H and O–H groups in total. The normalized spacial score (nSPS) is 18.5. The summed E-state index contributed by atoms with van der Waals surface area (Å²) in [6.07, 6.45) is 6.87. The van der Waals surface area contributed by atoms with E-state index in [1.165, 1.54) is 25.7 Å². The number of hydrogen-bond donors (Lipinski definition) is 0. The van der Waals surface area contributed by atoms with Gasteiger partial charge in [-0.1, -0.05) is 26.7 Å². The molecule has 1 saturated carbocycles. The first-order valence-electron chi connectivity index (χ1n) is 4.77. The summed E-state index contributed by atoms with van der Waals surface area (Å²) < 4.78 is 0. The maximum Gasteiger partial charge on any atom is 0.0146 e. The van der Waals surface area contributed by atoms with E-state index in [1.807, 2.05) is 0 Å². The summed E-state index contributed by atoms with van der Waals surface area (Å²) >= 11 is 0. The Morgan fingerprint density at radius 2 is 1.91 bits per heavy atom. The molecule has 1 fully saturated rings. The van der Waals surface area contributed by atoms with Crippen molar-refractivity contribution in [2.75, 3.05) is 0 Å². The molecule has 0 radical (unpaired) electrons. The second-order valence-corrected chi connectivity index (χ2v) is 3.83. The summed E-state index contributed by atoms with van der Waals surface area (Å²) in [5.41, 5.74) is 0. The molecular weight excluding hydrogens is 132 g/mol. The fraction of sp³-hybridized carbons (Fsp3) is 0.818. The van der Waals surface area contributed by atoms with Gasteiger partial charge in [0.2, 0.25) is 0 Å². The third-order valence-corrected chi connectivity index (χ3v) is 2.26. The van der Waals surface area contributed by atoms with Crippen molar-refractivity contribution >= 4 is 0 Å². The third-order valence-electron chi connectivity index (χ3n) is 2.26. The predicted molar refractivity (Wildman–Crippen MR) is 49.2 cm³/mol. The van der Waals surface area contributed by atoms with E-state index in [1.54, 1.807) is 0 Å². The van der Waals surface area contributed by atoms with Gasteiger partial charge in [-0.15, -0.1) is 11.8 Å². The smallest absolute Gasteiger partial charge is 0.0146 e. The molecule has 0 aromatic rings. The number of hydrogen-bond acceptors (Lipinski definition) is 0. The molecule has 0 spiro atoms. The van der Waals surface area contributed by atoms with E-state index in [-0.39, 0.29) is 0 Å². The first-order chi connectivity index (χ1) is 5.29. The minimum Gasteiger partial charge on any atom is -0.103 e. The van der Waals surface area contributed by atoms with Crippen molar-refractivity contribution in [1.82, 2.24) is 0 Å². The lowest BCUT2D eigenvalue weighted by Crippen LogP contribution is -1.90. The molecular formula is C11H18. The quantitative estimate of drug-likeness (QED) is 0.503. The monoisotopic (exact) mass is 150 g/mol. The van der Waals surface area contributed by atoms with Crippen molar-refractivity contribution in [3.63, 3.8) is 0 Å². The fourth-order valence-corrected chi connectivity index (χ4v) is 1.62. The van der Waals surface area contributed by atoms with E-state index in [2.05, 4.69) is 25.7 Å². The molecule has 0 unspecified atom stereocenters. The zero-order chi connectivity index (χ0) is 8.10. The van der Waals surface area contributed by atoms with Crippen LogP contribution in [-0.4, -0.2) is 0 Å². The first kappa shape index (κ1) is 8.65. The minimum atomic E-state index is 0.552. The Bertz CT molecular complexity index is 151. The van der Waals surface area contributed by atoms with Gasteiger partial charge in [-0.3, -0.25) is 0 Å². The number of rotatable bonds is 1. The summed E-state index contributed by atoms with van der Waals surface area (Å²) in [5, 5.41) is 0. The zero-order valence-electron chi connectivity index (χ0n) is 7.69.